The predicted molar refractivity (Wildman–Crippen MR) is 76.1 cm³/mol. The first-order chi connectivity index (χ1) is 8.77. The van der Waals surface area contributed by atoms with E-state index in [0.29, 0.717) is 5.41 Å². The zero-order valence-corrected chi connectivity index (χ0v) is 11.4. The maximum Gasteiger partial charge on any atom is 0.147 e. The summed E-state index contributed by atoms with van der Waals surface area (Å²) in [5, 5.41) is 8.99. The summed E-state index contributed by atoms with van der Waals surface area (Å²) >= 11 is 1.70. The highest BCUT2D eigenvalue weighted by Crippen LogP contribution is 2.30. The molecule has 0 bridgehead atoms. The number of fused-ring (bicyclic) bond motifs is 1. The molecule has 96 valence electrons. The summed E-state index contributed by atoms with van der Waals surface area (Å²) in [5.74, 6) is 0.981. The largest absolute Gasteiger partial charge is 0.368 e. The summed E-state index contributed by atoms with van der Waals surface area (Å²) in [7, 11) is 0. The number of nitrogens with one attached hydrogen (secondary N) is 2. The van der Waals surface area contributed by atoms with Crippen LogP contribution in [0.25, 0.3) is 10.2 Å². The fourth-order valence-electron chi connectivity index (χ4n) is 2.42. The standard InChI is InChI=1S/C13H18N4S/c1-13(3-5-14-6-4-13)8-15-12-11-10(2-7-18-11)16-9-17-12/h2,7,9,14H,3-6,8H2,1H3,(H,15,16,17). The van der Waals surface area contributed by atoms with E-state index in [2.05, 4.69) is 32.9 Å². The van der Waals surface area contributed by atoms with Crippen LogP contribution in [0.15, 0.2) is 17.8 Å². The number of hydrogen-bond acceptors (Lipinski definition) is 5. The molecule has 0 radical (unpaired) electrons. The van der Waals surface area contributed by atoms with Crippen LogP contribution in [-0.4, -0.2) is 29.6 Å². The van der Waals surface area contributed by atoms with E-state index in [4.69, 9.17) is 0 Å². The summed E-state index contributed by atoms with van der Waals surface area (Å²) in [6.07, 6.45) is 4.08. The van der Waals surface area contributed by atoms with Crippen LogP contribution in [0.4, 0.5) is 5.82 Å². The number of rotatable bonds is 3. The van der Waals surface area contributed by atoms with Gasteiger partial charge in [0.1, 0.15) is 12.1 Å². The molecule has 3 heterocycles. The molecule has 2 aromatic rings. The number of piperidine rings is 1. The minimum absolute atomic E-state index is 0.375. The molecule has 18 heavy (non-hydrogen) atoms. The van der Waals surface area contributed by atoms with Crippen molar-refractivity contribution in [2.75, 3.05) is 25.0 Å². The normalized spacial score (nSPS) is 18.9. The van der Waals surface area contributed by atoms with Gasteiger partial charge in [0.25, 0.3) is 0 Å². The van der Waals surface area contributed by atoms with Crippen molar-refractivity contribution in [3.05, 3.63) is 17.8 Å². The molecule has 1 saturated heterocycles. The van der Waals surface area contributed by atoms with Crippen molar-refractivity contribution < 1.29 is 0 Å². The summed E-state index contributed by atoms with van der Waals surface area (Å²) in [6, 6.07) is 2.04. The fourth-order valence-corrected chi connectivity index (χ4v) is 3.23. The first-order valence-corrected chi connectivity index (χ1v) is 7.28. The Kier molecular flexibility index (Phi) is 3.18. The Morgan fingerprint density at radius 3 is 3.06 bits per heavy atom. The van der Waals surface area contributed by atoms with Crippen molar-refractivity contribution in [1.29, 1.82) is 0 Å². The molecule has 0 unspecified atom stereocenters. The molecular weight excluding hydrogens is 244 g/mol. The minimum atomic E-state index is 0.375. The first kappa shape index (κ1) is 11.9. The lowest BCUT2D eigenvalue weighted by molar-refractivity contribution is 0.247. The lowest BCUT2D eigenvalue weighted by Gasteiger charge is -2.34. The zero-order chi connectivity index (χ0) is 12.4. The number of hydrogen-bond donors (Lipinski definition) is 2. The molecule has 4 nitrogen and oxygen atoms in total. The first-order valence-electron chi connectivity index (χ1n) is 6.40. The van der Waals surface area contributed by atoms with E-state index in [0.717, 1.165) is 35.7 Å². The van der Waals surface area contributed by atoms with Crippen LogP contribution >= 0.6 is 11.3 Å². The maximum atomic E-state index is 4.37. The van der Waals surface area contributed by atoms with Crippen LogP contribution < -0.4 is 10.6 Å². The Morgan fingerprint density at radius 1 is 1.39 bits per heavy atom. The molecule has 2 aromatic heterocycles. The van der Waals surface area contributed by atoms with Gasteiger partial charge >= 0.3 is 0 Å². The third kappa shape index (κ3) is 2.33. The van der Waals surface area contributed by atoms with Crippen LogP contribution in [0.3, 0.4) is 0 Å². The van der Waals surface area contributed by atoms with Gasteiger partial charge in [0.2, 0.25) is 0 Å². The van der Waals surface area contributed by atoms with E-state index in [-0.39, 0.29) is 0 Å². The maximum absolute atomic E-state index is 4.37. The van der Waals surface area contributed by atoms with Gasteiger partial charge in [-0.05, 0) is 42.8 Å². The van der Waals surface area contributed by atoms with E-state index >= 15 is 0 Å². The third-order valence-corrected chi connectivity index (χ3v) is 4.65. The molecule has 0 aliphatic carbocycles. The Morgan fingerprint density at radius 2 is 2.22 bits per heavy atom. The molecule has 1 aliphatic rings. The number of thiophene rings is 1. The second-order valence-electron chi connectivity index (χ2n) is 5.27. The van der Waals surface area contributed by atoms with Gasteiger partial charge < -0.3 is 10.6 Å². The summed E-state index contributed by atoms with van der Waals surface area (Å²) in [5.41, 5.74) is 1.41. The average molecular weight is 262 g/mol. The van der Waals surface area contributed by atoms with Gasteiger partial charge in [0.15, 0.2) is 0 Å². The number of aromatic nitrogens is 2. The number of anilines is 1. The summed E-state index contributed by atoms with van der Waals surface area (Å²) in [6.45, 7) is 5.58. The van der Waals surface area contributed by atoms with E-state index in [1.54, 1.807) is 17.7 Å². The summed E-state index contributed by atoms with van der Waals surface area (Å²) in [4.78, 5) is 8.63. The Balaban J connectivity index is 1.74. The highest BCUT2D eigenvalue weighted by atomic mass is 32.1. The smallest absolute Gasteiger partial charge is 0.147 e. The molecule has 0 aromatic carbocycles. The van der Waals surface area contributed by atoms with Crippen molar-refractivity contribution in [3.8, 4) is 0 Å². The molecule has 1 aliphatic heterocycles. The van der Waals surface area contributed by atoms with Gasteiger partial charge in [0.05, 0.1) is 10.2 Å². The molecule has 2 N–H and O–H groups in total. The lowest BCUT2D eigenvalue weighted by atomic mass is 9.81. The van der Waals surface area contributed by atoms with E-state index in [9.17, 15) is 0 Å². The van der Waals surface area contributed by atoms with E-state index in [1.807, 2.05) is 6.07 Å². The molecule has 5 heteroatoms. The quantitative estimate of drug-likeness (QED) is 0.892. The SMILES string of the molecule is CC1(CNc2ncnc3ccsc23)CCNCC1. The van der Waals surface area contributed by atoms with Crippen molar-refractivity contribution in [3.63, 3.8) is 0 Å². The Bertz CT molecular complexity index is 531. The van der Waals surface area contributed by atoms with Gasteiger partial charge in [-0.15, -0.1) is 11.3 Å². The molecule has 0 atom stereocenters. The van der Waals surface area contributed by atoms with Gasteiger partial charge in [-0.1, -0.05) is 6.92 Å². The average Bonchev–Trinajstić information content (AvgIpc) is 2.86. The molecule has 0 spiro atoms. The Hall–Kier alpha value is -1.20. The second kappa shape index (κ2) is 4.82. The topological polar surface area (TPSA) is 49.8 Å². The van der Waals surface area contributed by atoms with Crippen molar-refractivity contribution in [2.24, 2.45) is 5.41 Å². The molecule has 0 amide bonds. The monoisotopic (exact) mass is 262 g/mol. The van der Waals surface area contributed by atoms with Gasteiger partial charge in [0, 0.05) is 6.54 Å². The summed E-state index contributed by atoms with van der Waals surface area (Å²) < 4.78 is 1.16. The zero-order valence-electron chi connectivity index (χ0n) is 10.6. The van der Waals surface area contributed by atoms with Crippen LogP contribution in [-0.2, 0) is 0 Å². The van der Waals surface area contributed by atoms with E-state index in [1.165, 1.54) is 12.8 Å². The minimum Gasteiger partial charge on any atom is -0.368 e. The lowest BCUT2D eigenvalue weighted by Crippen LogP contribution is -2.39. The molecule has 0 saturated carbocycles. The van der Waals surface area contributed by atoms with E-state index < -0.39 is 0 Å². The molecule has 3 rings (SSSR count). The van der Waals surface area contributed by atoms with Crippen LogP contribution in [0.1, 0.15) is 19.8 Å². The van der Waals surface area contributed by atoms with Crippen LogP contribution in [0.5, 0.6) is 0 Å². The van der Waals surface area contributed by atoms with Crippen molar-refractivity contribution >= 4 is 27.4 Å². The fraction of sp³-hybridized carbons (Fsp3) is 0.538. The van der Waals surface area contributed by atoms with Crippen LogP contribution in [0, 0.1) is 5.41 Å². The molecule has 1 fully saturated rings. The highest BCUT2D eigenvalue weighted by molar-refractivity contribution is 7.17. The number of nitrogens with zero attached hydrogens (tertiary/aromatic N) is 2. The second-order valence-corrected chi connectivity index (χ2v) is 6.19. The van der Waals surface area contributed by atoms with Gasteiger partial charge in [-0.25, -0.2) is 9.97 Å². The Labute approximate surface area is 111 Å². The van der Waals surface area contributed by atoms with Crippen LogP contribution in [0.2, 0.25) is 0 Å². The third-order valence-electron chi connectivity index (χ3n) is 3.74. The van der Waals surface area contributed by atoms with Crippen molar-refractivity contribution in [1.82, 2.24) is 15.3 Å². The highest BCUT2D eigenvalue weighted by Gasteiger charge is 2.26. The van der Waals surface area contributed by atoms with Gasteiger partial charge in [-0.2, -0.15) is 0 Å². The van der Waals surface area contributed by atoms with Gasteiger partial charge in [-0.3, -0.25) is 0 Å². The molecular formula is C13H18N4S. The van der Waals surface area contributed by atoms with Crippen molar-refractivity contribution in [2.45, 2.75) is 19.8 Å². The predicted octanol–water partition coefficient (Wildman–Crippen LogP) is 2.49.